The first-order valence-corrected chi connectivity index (χ1v) is 10.5. The van der Waals surface area contributed by atoms with Crippen molar-refractivity contribution >= 4 is 5.96 Å². The highest BCUT2D eigenvalue weighted by atomic mass is 16.5. The van der Waals surface area contributed by atoms with Gasteiger partial charge in [0.1, 0.15) is 5.76 Å². The molecule has 0 spiro atoms. The van der Waals surface area contributed by atoms with Crippen LogP contribution in [0, 0.1) is 0 Å². The Morgan fingerprint density at radius 2 is 2.03 bits per heavy atom. The Morgan fingerprint density at radius 1 is 1.21 bits per heavy atom. The zero-order valence-electron chi connectivity index (χ0n) is 17.7. The summed E-state index contributed by atoms with van der Waals surface area (Å²) >= 11 is 0. The first-order chi connectivity index (χ1) is 14.2. The highest BCUT2D eigenvalue weighted by molar-refractivity contribution is 5.79. The van der Waals surface area contributed by atoms with E-state index in [-0.39, 0.29) is 12.1 Å². The van der Waals surface area contributed by atoms with Crippen LogP contribution in [0.15, 0.2) is 46.1 Å². The van der Waals surface area contributed by atoms with Crippen LogP contribution < -0.4 is 15.4 Å². The molecule has 1 saturated heterocycles. The summed E-state index contributed by atoms with van der Waals surface area (Å²) in [5.41, 5.74) is 1.07. The van der Waals surface area contributed by atoms with Crippen LogP contribution in [-0.2, 0) is 6.54 Å². The Morgan fingerprint density at radius 3 is 2.66 bits per heavy atom. The predicted octanol–water partition coefficient (Wildman–Crippen LogP) is 3.35. The fraction of sp³-hybridized carbons (Fsp3) is 0.545. The lowest BCUT2D eigenvalue weighted by molar-refractivity contribution is 0.146. The number of ether oxygens (including phenoxy) is 1. The molecule has 1 fully saturated rings. The van der Waals surface area contributed by atoms with Crippen molar-refractivity contribution in [3.8, 4) is 5.88 Å². The van der Waals surface area contributed by atoms with Gasteiger partial charge in [0.2, 0.25) is 5.88 Å². The largest absolute Gasteiger partial charge is 0.475 e. The number of piperidine rings is 1. The maximum Gasteiger partial charge on any atom is 0.213 e. The summed E-state index contributed by atoms with van der Waals surface area (Å²) in [5.74, 6) is 2.41. The van der Waals surface area contributed by atoms with Crippen molar-refractivity contribution in [1.29, 1.82) is 0 Å². The highest BCUT2D eigenvalue weighted by Gasteiger charge is 2.24. The zero-order chi connectivity index (χ0) is 20.5. The second-order valence-corrected chi connectivity index (χ2v) is 7.61. The first kappa shape index (κ1) is 21.2. The number of likely N-dealkylation sites (tertiary alicyclic amines) is 1. The van der Waals surface area contributed by atoms with Gasteiger partial charge in [0.15, 0.2) is 5.96 Å². The summed E-state index contributed by atoms with van der Waals surface area (Å²) < 4.78 is 11.3. The monoisotopic (exact) mass is 399 g/mol. The van der Waals surface area contributed by atoms with Gasteiger partial charge in [-0.25, -0.2) is 4.98 Å². The minimum absolute atomic E-state index is 0.122. The average molecular weight is 400 g/mol. The SMILES string of the molecule is CN=C(NCc1ccc(OC(C)C)nc1)NCC(c1ccco1)N1CCCCC1. The summed E-state index contributed by atoms with van der Waals surface area (Å²) in [6, 6.07) is 8.14. The van der Waals surface area contributed by atoms with E-state index in [4.69, 9.17) is 9.15 Å². The Balaban J connectivity index is 1.53. The Labute approximate surface area is 173 Å². The summed E-state index contributed by atoms with van der Waals surface area (Å²) in [6.45, 7) is 7.58. The molecule has 2 aromatic heterocycles. The minimum atomic E-state index is 0.122. The van der Waals surface area contributed by atoms with Crippen molar-refractivity contribution in [2.45, 2.75) is 51.8 Å². The van der Waals surface area contributed by atoms with Gasteiger partial charge in [-0.3, -0.25) is 9.89 Å². The number of nitrogens with zero attached hydrogens (tertiary/aromatic N) is 3. The van der Waals surface area contributed by atoms with Crippen molar-refractivity contribution < 1.29 is 9.15 Å². The van der Waals surface area contributed by atoms with Crippen LogP contribution in [0.25, 0.3) is 0 Å². The Kier molecular flexibility index (Phi) is 7.93. The maximum atomic E-state index is 5.72. The lowest BCUT2D eigenvalue weighted by Crippen LogP contribution is -2.44. The zero-order valence-corrected chi connectivity index (χ0v) is 17.7. The first-order valence-electron chi connectivity index (χ1n) is 10.5. The standard InChI is InChI=1S/C22H33N5O2/c1-17(2)29-21-10-9-18(14-24-21)15-25-22(23-3)26-16-19(20-8-7-13-28-20)27-11-5-4-6-12-27/h7-10,13-14,17,19H,4-6,11-12,15-16H2,1-3H3,(H2,23,25,26). The summed E-state index contributed by atoms with van der Waals surface area (Å²) in [4.78, 5) is 11.2. The smallest absolute Gasteiger partial charge is 0.213 e. The Hall–Kier alpha value is -2.54. The van der Waals surface area contributed by atoms with Crippen molar-refractivity contribution in [3.05, 3.63) is 48.0 Å². The van der Waals surface area contributed by atoms with Crippen LogP contribution in [-0.4, -0.2) is 48.6 Å². The topological polar surface area (TPSA) is 74.9 Å². The van der Waals surface area contributed by atoms with Crippen LogP contribution in [0.5, 0.6) is 5.88 Å². The molecule has 0 aromatic carbocycles. The van der Waals surface area contributed by atoms with Crippen LogP contribution in [0.3, 0.4) is 0 Å². The van der Waals surface area contributed by atoms with Gasteiger partial charge in [0, 0.05) is 32.4 Å². The minimum Gasteiger partial charge on any atom is -0.475 e. The van der Waals surface area contributed by atoms with Crippen LogP contribution >= 0.6 is 0 Å². The summed E-state index contributed by atoms with van der Waals surface area (Å²) in [6.07, 6.45) is 7.50. The number of aromatic nitrogens is 1. The highest BCUT2D eigenvalue weighted by Crippen LogP contribution is 2.24. The summed E-state index contributed by atoms with van der Waals surface area (Å²) in [5, 5.41) is 6.81. The molecule has 158 valence electrons. The second kappa shape index (κ2) is 10.9. The van der Waals surface area contributed by atoms with E-state index in [0.717, 1.165) is 36.9 Å². The van der Waals surface area contributed by atoms with Gasteiger partial charge in [-0.1, -0.05) is 12.5 Å². The molecule has 1 aliphatic heterocycles. The fourth-order valence-corrected chi connectivity index (χ4v) is 3.55. The lowest BCUT2D eigenvalue weighted by atomic mass is 10.1. The lowest BCUT2D eigenvalue weighted by Gasteiger charge is -2.33. The van der Waals surface area contributed by atoms with E-state index < -0.39 is 0 Å². The van der Waals surface area contributed by atoms with E-state index >= 15 is 0 Å². The van der Waals surface area contributed by atoms with Crippen molar-refractivity contribution in [2.24, 2.45) is 4.99 Å². The molecule has 1 aliphatic rings. The quantitative estimate of drug-likeness (QED) is 0.524. The molecule has 1 atom stereocenters. The number of hydrogen-bond acceptors (Lipinski definition) is 5. The number of rotatable bonds is 8. The Bertz CT molecular complexity index is 737. The molecule has 0 saturated carbocycles. The number of nitrogens with one attached hydrogen (secondary N) is 2. The molecule has 2 aromatic rings. The van der Waals surface area contributed by atoms with Crippen LogP contribution in [0.4, 0.5) is 0 Å². The molecular formula is C22H33N5O2. The molecule has 0 aliphatic carbocycles. The molecule has 0 amide bonds. The third kappa shape index (κ3) is 6.49. The van der Waals surface area contributed by atoms with E-state index in [1.54, 1.807) is 13.3 Å². The molecule has 0 bridgehead atoms. The average Bonchev–Trinajstić information content (AvgIpc) is 3.26. The normalized spacial score (nSPS) is 16.6. The third-order valence-electron chi connectivity index (χ3n) is 5.00. The van der Waals surface area contributed by atoms with E-state index in [2.05, 4.69) is 31.6 Å². The second-order valence-electron chi connectivity index (χ2n) is 7.61. The molecule has 7 heteroatoms. The van der Waals surface area contributed by atoms with Crippen LogP contribution in [0.1, 0.15) is 50.5 Å². The predicted molar refractivity (Wildman–Crippen MR) is 115 cm³/mol. The number of aliphatic imine (C=N–C) groups is 1. The van der Waals surface area contributed by atoms with Gasteiger partial charge in [0.05, 0.1) is 18.4 Å². The van der Waals surface area contributed by atoms with Crippen molar-refractivity contribution in [1.82, 2.24) is 20.5 Å². The van der Waals surface area contributed by atoms with Gasteiger partial charge < -0.3 is 19.8 Å². The number of furan rings is 1. The molecule has 2 N–H and O–H groups in total. The number of pyridine rings is 1. The molecule has 7 nitrogen and oxygen atoms in total. The van der Waals surface area contributed by atoms with E-state index in [1.807, 2.05) is 38.2 Å². The third-order valence-corrected chi connectivity index (χ3v) is 5.00. The molecule has 3 heterocycles. The number of hydrogen-bond donors (Lipinski definition) is 2. The molecule has 29 heavy (non-hydrogen) atoms. The van der Waals surface area contributed by atoms with Gasteiger partial charge >= 0.3 is 0 Å². The van der Waals surface area contributed by atoms with E-state index in [0.29, 0.717) is 12.4 Å². The van der Waals surface area contributed by atoms with Gasteiger partial charge in [-0.15, -0.1) is 0 Å². The molecular weight excluding hydrogens is 366 g/mol. The van der Waals surface area contributed by atoms with Crippen molar-refractivity contribution in [2.75, 3.05) is 26.7 Å². The number of guanidine groups is 1. The van der Waals surface area contributed by atoms with Crippen LogP contribution in [0.2, 0.25) is 0 Å². The van der Waals surface area contributed by atoms with Gasteiger partial charge in [0.25, 0.3) is 0 Å². The van der Waals surface area contributed by atoms with E-state index in [1.165, 1.54) is 19.3 Å². The van der Waals surface area contributed by atoms with Crippen molar-refractivity contribution in [3.63, 3.8) is 0 Å². The summed E-state index contributed by atoms with van der Waals surface area (Å²) in [7, 11) is 1.79. The van der Waals surface area contributed by atoms with Gasteiger partial charge in [-0.2, -0.15) is 0 Å². The van der Waals surface area contributed by atoms with Gasteiger partial charge in [-0.05, 0) is 57.5 Å². The van der Waals surface area contributed by atoms with E-state index in [9.17, 15) is 0 Å². The fourth-order valence-electron chi connectivity index (χ4n) is 3.55. The molecule has 3 rings (SSSR count). The molecule has 1 unspecified atom stereocenters. The molecule has 0 radical (unpaired) electrons. The maximum absolute atomic E-state index is 5.72.